The first-order valence-electron chi connectivity index (χ1n) is 9.89. The molecule has 1 saturated heterocycles. The first-order valence-corrected chi connectivity index (χ1v) is 11.5. The summed E-state index contributed by atoms with van der Waals surface area (Å²) in [7, 11) is 0. The highest BCUT2D eigenvalue weighted by Crippen LogP contribution is 2.49. The van der Waals surface area contributed by atoms with Crippen LogP contribution in [-0.4, -0.2) is 29.4 Å². The Balaban J connectivity index is 1.48. The smallest absolute Gasteiger partial charge is 0.246 e. The van der Waals surface area contributed by atoms with Crippen LogP contribution in [0.1, 0.15) is 38.5 Å². The van der Waals surface area contributed by atoms with E-state index in [1.54, 1.807) is 11.9 Å². The van der Waals surface area contributed by atoms with Gasteiger partial charge in [-0.15, -0.1) is 0 Å². The van der Waals surface area contributed by atoms with Crippen molar-refractivity contribution in [3.63, 3.8) is 0 Å². The molecule has 1 unspecified atom stereocenters. The Morgan fingerprint density at radius 1 is 0.963 bits per heavy atom. The number of amides is 1. The fourth-order valence-electron chi connectivity index (χ4n) is 4.73. The third-order valence-electron chi connectivity index (χ3n) is 6.08. The standard InChI is InChI=1S/C22H23BrN2OS/c23-15-10-11-19-18(14-15)17-8-4-5-9-21(17)27-25(19)20-12-13-24(22(20)26)16-6-2-1-3-7-16/h4-5,8-11,14,16,20H,1-3,6-7,12-13H2. The van der Waals surface area contributed by atoms with Crippen molar-refractivity contribution in [3.8, 4) is 11.1 Å². The van der Waals surface area contributed by atoms with Crippen LogP contribution in [0.5, 0.6) is 0 Å². The molecule has 2 aliphatic heterocycles. The number of fused-ring (bicyclic) bond motifs is 3. The number of likely N-dealkylation sites (tertiary alicyclic amines) is 1. The molecule has 1 atom stereocenters. The number of carbonyl (C=O) groups excluding carboxylic acids is 1. The number of benzene rings is 2. The second-order valence-electron chi connectivity index (χ2n) is 7.70. The summed E-state index contributed by atoms with van der Waals surface area (Å²) in [5.41, 5.74) is 3.62. The summed E-state index contributed by atoms with van der Waals surface area (Å²) in [6, 6.07) is 15.3. The highest BCUT2D eigenvalue weighted by atomic mass is 79.9. The quantitative estimate of drug-likeness (QED) is 0.542. The normalized spacial score (nSPS) is 22.7. The molecule has 5 rings (SSSR count). The molecule has 140 valence electrons. The third kappa shape index (κ3) is 3.09. The summed E-state index contributed by atoms with van der Waals surface area (Å²) in [5.74, 6) is 0.322. The van der Waals surface area contributed by atoms with Gasteiger partial charge in [-0.25, -0.2) is 0 Å². The molecule has 5 heteroatoms. The molecule has 0 aromatic heterocycles. The van der Waals surface area contributed by atoms with E-state index in [2.05, 4.69) is 67.6 Å². The van der Waals surface area contributed by atoms with E-state index in [9.17, 15) is 4.79 Å². The first kappa shape index (κ1) is 17.6. The number of nitrogens with zero attached hydrogens (tertiary/aromatic N) is 2. The number of anilines is 1. The zero-order valence-electron chi connectivity index (χ0n) is 15.2. The van der Waals surface area contributed by atoms with Crippen molar-refractivity contribution in [2.24, 2.45) is 0 Å². The average Bonchev–Trinajstić information content (AvgIpc) is 3.09. The van der Waals surface area contributed by atoms with Gasteiger partial charge in [-0.3, -0.25) is 9.10 Å². The Morgan fingerprint density at radius 3 is 2.63 bits per heavy atom. The Labute approximate surface area is 173 Å². The van der Waals surface area contributed by atoms with E-state index < -0.39 is 0 Å². The topological polar surface area (TPSA) is 23.6 Å². The number of carbonyl (C=O) groups is 1. The lowest BCUT2D eigenvalue weighted by atomic mass is 9.94. The Hall–Kier alpha value is -1.46. The molecule has 3 nitrogen and oxygen atoms in total. The summed E-state index contributed by atoms with van der Waals surface area (Å²) < 4.78 is 3.35. The minimum atomic E-state index is -0.0646. The van der Waals surface area contributed by atoms with Crippen LogP contribution in [0.25, 0.3) is 11.1 Å². The molecule has 1 amide bonds. The van der Waals surface area contributed by atoms with Crippen LogP contribution >= 0.6 is 27.9 Å². The zero-order chi connectivity index (χ0) is 18.4. The maximum absolute atomic E-state index is 13.4. The summed E-state index contributed by atoms with van der Waals surface area (Å²) in [4.78, 5) is 16.8. The fraction of sp³-hybridized carbons (Fsp3) is 0.409. The van der Waals surface area contributed by atoms with E-state index >= 15 is 0 Å². The van der Waals surface area contributed by atoms with E-state index in [1.165, 1.54) is 48.1 Å². The first-order chi connectivity index (χ1) is 13.2. The lowest BCUT2D eigenvalue weighted by molar-refractivity contribution is -0.131. The molecule has 0 spiro atoms. The van der Waals surface area contributed by atoms with Crippen LogP contribution in [0, 0.1) is 0 Å². The number of hydrogen-bond acceptors (Lipinski definition) is 3. The number of halogens is 1. The van der Waals surface area contributed by atoms with Gasteiger partial charge in [0.05, 0.1) is 5.69 Å². The van der Waals surface area contributed by atoms with Crippen LogP contribution in [0.15, 0.2) is 51.8 Å². The van der Waals surface area contributed by atoms with E-state index in [0.29, 0.717) is 11.9 Å². The molecule has 2 fully saturated rings. The predicted molar refractivity (Wildman–Crippen MR) is 115 cm³/mol. The lowest BCUT2D eigenvalue weighted by Gasteiger charge is -2.36. The van der Waals surface area contributed by atoms with Crippen molar-refractivity contribution in [1.29, 1.82) is 0 Å². The van der Waals surface area contributed by atoms with Crippen LogP contribution in [0.4, 0.5) is 5.69 Å². The van der Waals surface area contributed by atoms with Crippen molar-refractivity contribution in [2.75, 3.05) is 10.8 Å². The maximum Gasteiger partial charge on any atom is 0.246 e. The van der Waals surface area contributed by atoms with Crippen LogP contribution < -0.4 is 4.31 Å². The molecule has 2 aromatic rings. The van der Waals surface area contributed by atoms with Crippen molar-refractivity contribution in [3.05, 3.63) is 46.9 Å². The lowest BCUT2D eigenvalue weighted by Crippen LogP contribution is -2.43. The molecule has 3 aliphatic rings. The van der Waals surface area contributed by atoms with Gasteiger partial charge in [-0.05, 0) is 61.0 Å². The summed E-state index contributed by atoms with van der Waals surface area (Å²) in [6.45, 7) is 0.902. The molecular weight excluding hydrogens is 420 g/mol. The van der Waals surface area contributed by atoms with Gasteiger partial charge in [0.15, 0.2) is 0 Å². The van der Waals surface area contributed by atoms with Crippen molar-refractivity contribution >= 4 is 39.5 Å². The Morgan fingerprint density at radius 2 is 1.78 bits per heavy atom. The van der Waals surface area contributed by atoms with Crippen LogP contribution in [-0.2, 0) is 4.79 Å². The number of rotatable bonds is 2. The molecular formula is C22H23BrN2OS. The van der Waals surface area contributed by atoms with Gasteiger partial charge in [0.2, 0.25) is 5.91 Å². The van der Waals surface area contributed by atoms with Crippen molar-refractivity contribution in [1.82, 2.24) is 4.90 Å². The van der Waals surface area contributed by atoms with Crippen molar-refractivity contribution in [2.45, 2.75) is 55.5 Å². The van der Waals surface area contributed by atoms with E-state index in [4.69, 9.17) is 0 Å². The fourth-order valence-corrected chi connectivity index (χ4v) is 6.30. The van der Waals surface area contributed by atoms with Gasteiger partial charge in [-0.2, -0.15) is 0 Å². The predicted octanol–water partition coefficient (Wildman–Crippen LogP) is 5.88. The van der Waals surface area contributed by atoms with E-state index in [-0.39, 0.29) is 6.04 Å². The second kappa shape index (κ2) is 7.17. The number of hydrogen-bond donors (Lipinski definition) is 0. The second-order valence-corrected chi connectivity index (χ2v) is 9.63. The zero-order valence-corrected chi connectivity index (χ0v) is 17.6. The Kier molecular flexibility index (Phi) is 4.68. The van der Waals surface area contributed by atoms with Crippen molar-refractivity contribution < 1.29 is 4.79 Å². The molecule has 1 aliphatic carbocycles. The third-order valence-corrected chi connectivity index (χ3v) is 7.77. The molecule has 2 aromatic carbocycles. The molecule has 0 radical (unpaired) electrons. The van der Waals surface area contributed by atoms with Gasteiger partial charge in [0.25, 0.3) is 0 Å². The van der Waals surface area contributed by atoms with E-state index in [1.807, 2.05) is 0 Å². The van der Waals surface area contributed by atoms with Crippen LogP contribution in [0.3, 0.4) is 0 Å². The van der Waals surface area contributed by atoms with Gasteiger partial charge < -0.3 is 4.90 Å². The maximum atomic E-state index is 13.4. The highest BCUT2D eigenvalue weighted by Gasteiger charge is 2.41. The molecule has 0 N–H and O–H groups in total. The molecule has 1 saturated carbocycles. The molecule has 27 heavy (non-hydrogen) atoms. The minimum Gasteiger partial charge on any atom is -0.338 e. The monoisotopic (exact) mass is 442 g/mol. The average molecular weight is 443 g/mol. The van der Waals surface area contributed by atoms with Gasteiger partial charge in [-0.1, -0.05) is 53.4 Å². The highest BCUT2D eigenvalue weighted by molar-refractivity contribution is 9.10. The SMILES string of the molecule is O=C1C(N2Sc3ccccc3-c3cc(Br)ccc32)CCN1C1CCCCC1. The summed E-state index contributed by atoms with van der Waals surface area (Å²) in [5, 5.41) is 0. The molecule has 2 heterocycles. The van der Waals surface area contributed by atoms with E-state index in [0.717, 1.165) is 23.1 Å². The minimum absolute atomic E-state index is 0.0646. The van der Waals surface area contributed by atoms with Gasteiger partial charge in [0, 0.05) is 27.5 Å². The van der Waals surface area contributed by atoms with Crippen LogP contribution in [0.2, 0.25) is 0 Å². The summed E-state index contributed by atoms with van der Waals surface area (Å²) >= 11 is 5.34. The van der Waals surface area contributed by atoms with Gasteiger partial charge >= 0.3 is 0 Å². The summed E-state index contributed by atoms with van der Waals surface area (Å²) in [6.07, 6.45) is 7.13. The Bertz CT molecular complexity index is 880. The largest absolute Gasteiger partial charge is 0.338 e. The van der Waals surface area contributed by atoms with Gasteiger partial charge in [0.1, 0.15) is 6.04 Å². The molecule has 0 bridgehead atoms.